The molecule has 1 fully saturated rings. The van der Waals surface area contributed by atoms with Gasteiger partial charge in [-0.2, -0.15) is 0 Å². The first kappa shape index (κ1) is 6.06. The van der Waals surface area contributed by atoms with Gasteiger partial charge in [-0.05, 0) is 25.7 Å². The van der Waals surface area contributed by atoms with Crippen molar-refractivity contribution < 1.29 is 4.39 Å². The van der Waals surface area contributed by atoms with Crippen molar-refractivity contribution in [3.8, 4) is 0 Å². The lowest BCUT2D eigenvalue weighted by Gasteiger charge is -2.21. The summed E-state index contributed by atoms with van der Waals surface area (Å²) in [6.07, 6.45) is 3.36. The zero-order valence-electron chi connectivity index (χ0n) is 5.07. The van der Waals surface area contributed by atoms with Gasteiger partial charge in [0, 0.05) is 0 Å². The highest BCUT2D eigenvalue weighted by Gasteiger charge is 2.19. The topological polar surface area (TPSA) is 0 Å². The third kappa shape index (κ3) is 1.21. The first-order valence-electron chi connectivity index (χ1n) is 3.28. The van der Waals surface area contributed by atoms with Crippen LogP contribution in [0.5, 0.6) is 0 Å². The van der Waals surface area contributed by atoms with Crippen molar-refractivity contribution in [3.63, 3.8) is 0 Å². The van der Waals surface area contributed by atoms with E-state index in [1.54, 1.807) is 0 Å². The van der Waals surface area contributed by atoms with Crippen LogP contribution in [0.4, 0.5) is 4.39 Å². The lowest BCUT2D eigenvalue weighted by Crippen LogP contribution is -2.17. The zero-order chi connectivity index (χ0) is 5.98. The smallest absolute Gasteiger partial charge is 0.103 e. The SMILES string of the molecule is [CH2]C1CCCCC1F. The lowest BCUT2D eigenvalue weighted by atomic mass is 9.89. The molecule has 8 heavy (non-hydrogen) atoms. The van der Waals surface area contributed by atoms with Gasteiger partial charge in [0.2, 0.25) is 0 Å². The second-order valence-corrected chi connectivity index (χ2v) is 2.56. The molecule has 1 radical (unpaired) electrons. The molecule has 0 aromatic heterocycles. The molecule has 0 nitrogen and oxygen atoms in total. The molecular weight excluding hydrogens is 103 g/mol. The summed E-state index contributed by atoms with van der Waals surface area (Å²) in [6, 6.07) is 0. The van der Waals surface area contributed by atoms with E-state index in [2.05, 4.69) is 6.92 Å². The van der Waals surface area contributed by atoms with Gasteiger partial charge in [0.05, 0.1) is 0 Å². The number of alkyl halides is 1. The second-order valence-electron chi connectivity index (χ2n) is 2.56. The molecule has 1 rings (SSSR count). The molecule has 2 unspecified atom stereocenters. The quantitative estimate of drug-likeness (QED) is 0.454. The summed E-state index contributed by atoms with van der Waals surface area (Å²) in [7, 11) is 0. The summed E-state index contributed by atoms with van der Waals surface area (Å²) < 4.78 is 12.5. The molecule has 0 aromatic rings. The van der Waals surface area contributed by atoms with E-state index < -0.39 is 6.17 Å². The van der Waals surface area contributed by atoms with Crippen LogP contribution in [0.2, 0.25) is 0 Å². The van der Waals surface area contributed by atoms with Gasteiger partial charge in [-0.3, -0.25) is 0 Å². The fourth-order valence-corrected chi connectivity index (χ4v) is 1.16. The summed E-state index contributed by atoms with van der Waals surface area (Å²) in [5.74, 6) is 0.0868. The van der Waals surface area contributed by atoms with Crippen LogP contribution in [0.3, 0.4) is 0 Å². The average molecular weight is 115 g/mol. The first-order chi connectivity index (χ1) is 3.80. The van der Waals surface area contributed by atoms with E-state index in [-0.39, 0.29) is 5.92 Å². The van der Waals surface area contributed by atoms with Crippen molar-refractivity contribution >= 4 is 0 Å². The van der Waals surface area contributed by atoms with Crippen LogP contribution in [0, 0.1) is 12.8 Å². The summed E-state index contributed by atoms with van der Waals surface area (Å²) in [6.45, 7) is 3.70. The van der Waals surface area contributed by atoms with Crippen LogP contribution in [-0.2, 0) is 0 Å². The monoisotopic (exact) mass is 115 g/mol. The summed E-state index contributed by atoms with van der Waals surface area (Å²) in [5, 5.41) is 0. The van der Waals surface area contributed by atoms with Gasteiger partial charge in [-0.1, -0.05) is 12.8 Å². The van der Waals surface area contributed by atoms with Gasteiger partial charge in [-0.15, -0.1) is 0 Å². The minimum absolute atomic E-state index is 0.0868. The van der Waals surface area contributed by atoms with Crippen molar-refractivity contribution in [1.29, 1.82) is 0 Å². The van der Waals surface area contributed by atoms with E-state index in [9.17, 15) is 4.39 Å². The number of halogens is 1. The highest BCUT2D eigenvalue weighted by atomic mass is 19.1. The van der Waals surface area contributed by atoms with E-state index in [0.29, 0.717) is 0 Å². The third-order valence-corrected chi connectivity index (χ3v) is 1.82. The van der Waals surface area contributed by atoms with Crippen LogP contribution >= 0.6 is 0 Å². The van der Waals surface area contributed by atoms with E-state index in [1.807, 2.05) is 0 Å². The standard InChI is InChI=1S/C7H12F/c1-6-4-2-3-5-7(6)8/h6-7H,1-5H2. The zero-order valence-corrected chi connectivity index (χ0v) is 5.07. The molecule has 0 heterocycles. The Bertz CT molecular complexity index is 60.8. The second kappa shape index (κ2) is 2.47. The van der Waals surface area contributed by atoms with Gasteiger partial charge >= 0.3 is 0 Å². The molecule has 1 saturated carbocycles. The predicted octanol–water partition coefficient (Wildman–Crippen LogP) is 2.35. The Morgan fingerprint density at radius 3 is 2.25 bits per heavy atom. The lowest BCUT2D eigenvalue weighted by molar-refractivity contribution is 0.197. The van der Waals surface area contributed by atoms with Crippen molar-refractivity contribution in [1.82, 2.24) is 0 Å². The van der Waals surface area contributed by atoms with Gasteiger partial charge in [0.1, 0.15) is 6.17 Å². The molecule has 0 spiro atoms. The van der Waals surface area contributed by atoms with Crippen LogP contribution in [-0.4, -0.2) is 6.17 Å². The molecule has 0 saturated heterocycles. The molecule has 1 aliphatic rings. The van der Waals surface area contributed by atoms with Crippen LogP contribution in [0.15, 0.2) is 0 Å². The molecule has 0 amide bonds. The first-order valence-corrected chi connectivity index (χ1v) is 3.28. The molecule has 1 aliphatic carbocycles. The third-order valence-electron chi connectivity index (χ3n) is 1.82. The summed E-state index contributed by atoms with van der Waals surface area (Å²) in [4.78, 5) is 0. The van der Waals surface area contributed by atoms with Gasteiger partial charge in [-0.25, -0.2) is 4.39 Å². The average Bonchev–Trinajstić information content (AvgIpc) is 1.77. The Kier molecular flexibility index (Phi) is 1.87. The van der Waals surface area contributed by atoms with Gasteiger partial charge in [0.15, 0.2) is 0 Å². The van der Waals surface area contributed by atoms with Crippen molar-refractivity contribution in [2.75, 3.05) is 0 Å². The molecule has 0 bridgehead atoms. The van der Waals surface area contributed by atoms with E-state index in [1.165, 1.54) is 6.42 Å². The maximum atomic E-state index is 12.5. The highest BCUT2D eigenvalue weighted by molar-refractivity contribution is 4.75. The minimum atomic E-state index is -0.608. The number of hydrogen-bond acceptors (Lipinski definition) is 0. The Balaban J connectivity index is 2.28. The highest BCUT2D eigenvalue weighted by Crippen LogP contribution is 2.25. The molecule has 0 N–H and O–H groups in total. The van der Waals surface area contributed by atoms with Gasteiger partial charge in [0.25, 0.3) is 0 Å². The Hall–Kier alpha value is -0.0700. The fourth-order valence-electron chi connectivity index (χ4n) is 1.16. The van der Waals surface area contributed by atoms with Crippen LogP contribution < -0.4 is 0 Å². The Labute approximate surface area is 50.1 Å². The van der Waals surface area contributed by atoms with Crippen LogP contribution in [0.1, 0.15) is 25.7 Å². The van der Waals surface area contributed by atoms with Crippen molar-refractivity contribution in [3.05, 3.63) is 6.92 Å². The van der Waals surface area contributed by atoms with Crippen molar-refractivity contribution in [2.45, 2.75) is 31.9 Å². The summed E-state index contributed by atoms with van der Waals surface area (Å²) >= 11 is 0. The maximum absolute atomic E-state index is 12.5. The van der Waals surface area contributed by atoms with Crippen molar-refractivity contribution in [2.24, 2.45) is 5.92 Å². The summed E-state index contributed by atoms with van der Waals surface area (Å²) in [5.41, 5.74) is 0. The largest absolute Gasteiger partial charge is 0.247 e. The molecule has 1 heteroatoms. The van der Waals surface area contributed by atoms with E-state index >= 15 is 0 Å². The Morgan fingerprint density at radius 2 is 1.88 bits per heavy atom. The maximum Gasteiger partial charge on any atom is 0.103 e. The normalized spacial score (nSPS) is 39.8. The minimum Gasteiger partial charge on any atom is -0.247 e. The van der Waals surface area contributed by atoms with Crippen LogP contribution in [0.25, 0.3) is 0 Å². The number of hydrogen-bond donors (Lipinski definition) is 0. The molecule has 0 aliphatic heterocycles. The van der Waals surface area contributed by atoms with E-state index in [4.69, 9.17) is 0 Å². The molecule has 47 valence electrons. The van der Waals surface area contributed by atoms with Gasteiger partial charge < -0.3 is 0 Å². The molecule has 2 atom stereocenters. The number of rotatable bonds is 0. The fraction of sp³-hybridized carbons (Fsp3) is 0.857. The molecular formula is C7H12F. The Morgan fingerprint density at radius 1 is 1.25 bits per heavy atom. The van der Waals surface area contributed by atoms with E-state index in [0.717, 1.165) is 19.3 Å². The predicted molar refractivity (Wildman–Crippen MR) is 32.2 cm³/mol. The molecule has 0 aromatic carbocycles.